The Bertz CT molecular complexity index is 628. The van der Waals surface area contributed by atoms with E-state index in [1.165, 1.54) is 0 Å². The van der Waals surface area contributed by atoms with Crippen molar-refractivity contribution in [3.05, 3.63) is 23.9 Å². The number of aliphatic imine (C=N–C) groups is 1. The Morgan fingerprint density at radius 3 is 2.37 bits per heavy atom. The van der Waals surface area contributed by atoms with Gasteiger partial charge < -0.3 is 20.3 Å². The molecule has 0 saturated carbocycles. The Hall–Kier alpha value is -1.86. The lowest BCUT2D eigenvalue weighted by Gasteiger charge is -2.36. The van der Waals surface area contributed by atoms with Gasteiger partial charge in [-0.15, -0.1) is 0 Å². The van der Waals surface area contributed by atoms with Crippen molar-refractivity contribution in [3.8, 4) is 0 Å². The normalized spacial score (nSPS) is 20.3. The van der Waals surface area contributed by atoms with Gasteiger partial charge in [-0.3, -0.25) is 4.90 Å². The first kappa shape index (κ1) is 24.4. The number of morpholine rings is 1. The molecule has 2 atom stereocenters. The number of hydrogen-bond acceptors (Lipinski definition) is 5. The minimum Gasteiger partial charge on any atom is -0.372 e. The molecule has 170 valence electrons. The van der Waals surface area contributed by atoms with Crippen molar-refractivity contribution in [1.82, 2.24) is 20.5 Å². The SMILES string of the molecule is CCNC(=NCc1ccc(N2CC(C)OC(C)C2)nc1)NCCN(C(C)C)C(C)C. The summed E-state index contributed by atoms with van der Waals surface area (Å²) in [6, 6.07) is 5.29. The predicted octanol–water partition coefficient (Wildman–Crippen LogP) is 2.87. The Morgan fingerprint density at radius 1 is 1.17 bits per heavy atom. The first-order valence-electron chi connectivity index (χ1n) is 11.4. The van der Waals surface area contributed by atoms with Crippen LogP contribution in [-0.4, -0.2) is 72.9 Å². The smallest absolute Gasteiger partial charge is 0.191 e. The van der Waals surface area contributed by atoms with Gasteiger partial charge in [-0.25, -0.2) is 9.98 Å². The van der Waals surface area contributed by atoms with E-state index in [2.05, 4.69) is 86.0 Å². The van der Waals surface area contributed by atoms with E-state index in [0.29, 0.717) is 18.6 Å². The van der Waals surface area contributed by atoms with Crippen LogP contribution in [0, 0.1) is 0 Å². The van der Waals surface area contributed by atoms with Gasteiger partial charge in [-0.1, -0.05) is 6.07 Å². The maximum atomic E-state index is 5.82. The van der Waals surface area contributed by atoms with Gasteiger partial charge in [0.1, 0.15) is 5.82 Å². The van der Waals surface area contributed by atoms with Gasteiger partial charge in [0.2, 0.25) is 0 Å². The second kappa shape index (κ2) is 12.1. The van der Waals surface area contributed by atoms with Gasteiger partial charge in [0.25, 0.3) is 0 Å². The van der Waals surface area contributed by atoms with Crippen LogP contribution in [0.5, 0.6) is 0 Å². The van der Waals surface area contributed by atoms with Crippen molar-refractivity contribution in [2.75, 3.05) is 37.6 Å². The van der Waals surface area contributed by atoms with Gasteiger partial charge in [0.05, 0.1) is 18.8 Å². The van der Waals surface area contributed by atoms with Crippen molar-refractivity contribution in [2.24, 2.45) is 4.99 Å². The van der Waals surface area contributed by atoms with Crippen molar-refractivity contribution in [3.63, 3.8) is 0 Å². The van der Waals surface area contributed by atoms with Gasteiger partial charge >= 0.3 is 0 Å². The van der Waals surface area contributed by atoms with E-state index in [0.717, 1.165) is 50.1 Å². The maximum absolute atomic E-state index is 5.82. The highest BCUT2D eigenvalue weighted by Gasteiger charge is 2.23. The third-order valence-corrected chi connectivity index (χ3v) is 5.31. The molecule has 2 heterocycles. The van der Waals surface area contributed by atoms with Crippen LogP contribution in [0.25, 0.3) is 0 Å². The zero-order valence-electron chi connectivity index (χ0n) is 20.0. The van der Waals surface area contributed by atoms with E-state index in [1.807, 2.05) is 6.20 Å². The van der Waals surface area contributed by atoms with Crippen molar-refractivity contribution < 1.29 is 4.74 Å². The van der Waals surface area contributed by atoms with Crippen LogP contribution in [-0.2, 0) is 11.3 Å². The molecule has 7 nitrogen and oxygen atoms in total. The highest BCUT2D eigenvalue weighted by molar-refractivity contribution is 5.79. The summed E-state index contributed by atoms with van der Waals surface area (Å²) < 4.78 is 5.82. The van der Waals surface area contributed by atoms with Crippen molar-refractivity contribution in [2.45, 2.75) is 79.3 Å². The molecule has 1 aliphatic rings. The first-order valence-corrected chi connectivity index (χ1v) is 11.4. The fraction of sp³-hybridized carbons (Fsp3) is 0.739. The van der Waals surface area contributed by atoms with Crippen LogP contribution in [0.3, 0.4) is 0 Å². The lowest BCUT2D eigenvalue weighted by atomic mass is 10.2. The minimum absolute atomic E-state index is 0.232. The van der Waals surface area contributed by atoms with E-state index in [1.54, 1.807) is 0 Å². The van der Waals surface area contributed by atoms with Crippen LogP contribution in [0.1, 0.15) is 54.0 Å². The molecule has 1 aromatic rings. The molecule has 30 heavy (non-hydrogen) atoms. The summed E-state index contributed by atoms with van der Waals surface area (Å²) in [6.45, 7) is 20.4. The maximum Gasteiger partial charge on any atom is 0.191 e. The quantitative estimate of drug-likeness (QED) is 0.475. The van der Waals surface area contributed by atoms with E-state index in [-0.39, 0.29) is 12.2 Å². The molecule has 0 spiro atoms. The van der Waals surface area contributed by atoms with E-state index in [4.69, 9.17) is 9.73 Å². The lowest BCUT2D eigenvalue weighted by molar-refractivity contribution is -0.00545. The first-order chi connectivity index (χ1) is 14.3. The Kier molecular flexibility index (Phi) is 9.85. The number of nitrogens with one attached hydrogen (secondary N) is 2. The average molecular weight is 419 g/mol. The van der Waals surface area contributed by atoms with E-state index < -0.39 is 0 Å². The lowest BCUT2D eigenvalue weighted by Crippen LogP contribution is -2.45. The number of nitrogens with zero attached hydrogens (tertiary/aromatic N) is 4. The van der Waals surface area contributed by atoms with Crippen LogP contribution in [0.2, 0.25) is 0 Å². The molecule has 2 N–H and O–H groups in total. The molecule has 7 heteroatoms. The molecule has 0 aliphatic carbocycles. The summed E-state index contributed by atoms with van der Waals surface area (Å²) in [7, 11) is 0. The van der Waals surface area contributed by atoms with E-state index >= 15 is 0 Å². The summed E-state index contributed by atoms with van der Waals surface area (Å²) in [4.78, 5) is 14.2. The third-order valence-electron chi connectivity index (χ3n) is 5.31. The highest BCUT2D eigenvalue weighted by atomic mass is 16.5. The summed E-state index contributed by atoms with van der Waals surface area (Å²) in [5.41, 5.74) is 1.11. The second-order valence-corrected chi connectivity index (χ2v) is 8.73. The van der Waals surface area contributed by atoms with Crippen LogP contribution in [0.15, 0.2) is 23.3 Å². The molecular weight excluding hydrogens is 376 g/mol. The van der Waals surface area contributed by atoms with Crippen molar-refractivity contribution >= 4 is 11.8 Å². The standard InChI is InChI=1S/C23H42N6O/c1-8-24-23(25-11-12-29(17(2)3)18(4)5)27-14-21-9-10-22(26-13-21)28-15-19(6)30-20(7)16-28/h9-10,13,17-20H,8,11-12,14-16H2,1-7H3,(H2,24,25,27). The molecule has 2 unspecified atom stereocenters. The Labute approximate surface area is 183 Å². The molecule has 0 radical (unpaired) electrons. The molecule has 1 aromatic heterocycles. The fourth-order valence-corrected chi connectivity index (χ4v) is 3.99. The van der Waals surface area contributed by atoms with Crippen LogP contribution < -0.4 is 15.5 Å². The molecule has 0 bridgehead atoms. The molecule has 2 rings (SSSR count). The van der Waals surface area contributed by atoms with Gasteiger partial charge in [-0.2, -0.15) is 0 Å². The summed E-state index contributed by atoms with van der Waals surface area (Å²) in [5, 5.41) is 6.79. The van der Waals surface area contributed by atoms with Gasteiger partial charge in [-0.05, 0) is 60.1 Å². The zero-order chi connectivity index (χ0) is 22.1. The van der Waals surface area contributed by atoms with Gasteiger partial charge in [0, 0.05) is 51.0 Å². The number of anilines is 1. The number of hydrogen-bond donors (Lipinski definition) is 2. The number of pyridine rings is 1. The minimum atomic E-state index is 0.232. The third kappa shape index (κ3) is 7.76. The van der Waals surface area contributed by atoms with Crippen LogP contribution >= 0.6 is 0 Å². The van der Waals surface area contributed by atoms with Crippen molar-refractivity contribution in [1.29, 1.82) is 0 Å². The largest absolute Gasteiger partial charge is 0.372 e. The monoisotopic (exact) mass is 418 g/mol. The highest BCUT2D eigenvalue weighted by Crippen LogP contribution is 2.18. The van der Waals surface area contributed by atoms with Gasteiger partial charge in [0.15, 0.2) is 5.96 Å². The van der Waals surface area contributed by atoms with E-state index in [9.17, 15) is 0 Å². The number of ether oxygens (including phenoxy) is 1. The number of rotatable bonds is 9. The predicted molar refractivity (Wildman–Crippen MR) is 126 cm³/mol. The summed E-state index contributed by atoms with van der Waals surface area (Å²) >= 11 is 0. The average Bonchev–Trinajstić information content (AvgIpc) is 2.68. The molecule has 1 saturated heterocycles. The Balaban J connectivity index is 1.90. The second-order valence-electron chi connectivity index (χ2n) is 8.73. The topological polar surface area (TPSA) is 65.0 Å². The molecule has 0 amide bonds. The Morgan fingerprint density at radius 2 is 1.83 bits per heavy atom. The van der Waals surface area contributed by atoms with Crippen LogP contribution in [0.4, 0.5) is 5.82 Å². The fourth-order valence-electron chi connectivity index (χ4n) is 3.99. The molecule has 1 aliphatic heterocycles. The zero-order valence-corrected chi connectivity index (χ0v) is 20.0. The molecule has 0 aromatic carbocycles. The molecular formula is C23H42N6O. The number of aromatic nitrogens is 1. The summed E-state index contributed by atoms with van der Waals surface area (Å²) in [5.74, 6) is 1.86. The molecule has 1 fully saturated rings. The summed E-state index contributed by atoms with van der Waals surface area (Å²) in [6.07, 6.45) is 2.40. The number of guanidine groups is 1.